The van der Waals surface area contributed by atoms with Gasteiger partial charge in [-0.2, -0.15) is 26.3 Å². The molecule has 220 valence electrons. The zero-order chi connectivity index (χ0) is 29.5. The second-order valence-electron chi connectivity index (χ2n) is 10.1. The normalized spacial score (nSPS) is 19.3. The van der Waals surface area contributed by atoms with Gasteiger partial charge in [0.2, 0.25) is 5.91 Å². The van der Waals surface area contributed by atoms with Crippen molar-refractivity contribution in [3.63, 3.8) is 0 Å². The van der Waals surface area contributed by atoms with Crippen LogP contribution in [0.3, 0.4) is 0 Å². The average molecular weight is 597 g/mol. The number of anilines is 1. The third-order valence-electron chi connectivity index (χ3n) is 7.40. The number of benzene rings is 2. The number of nitrogens with one attached hydrogen (secondary N) is 1. The zero-order valence-corrected chi connectivity index (χ0v) is 21.8. The number of hydrogen-bond donors (Lipinski definition) is 2. The summed E-state index contributed by atoms with van der Waals surface area (Å²) in [5.74, 6) is -1.18. The maximum absolute atomic E-state index is 13.7. The molecule has 2 aromatic rings. The van der Waals surface area contributed by atoms with Crippen LogP contribution in [0.25, 0.3) is 0 Å². The number of aryl methyl sites for hydroxylation is 1. The van der Waals surface area contributed by atoms with Gasteiger partial charge in [-0.15, -0.1) is 0 Å². The van der Waals surface area contributed by atoms with Crippen LogP contribution in [0.4, 0.5) is 36.4 Å². The molecule has 14 heteroatoms. The van der Waals surface area contributed by atoms with Crippen molar-refractivity contribution >= 4 is 21.6 Å². The van der Waals surface area contributed by atoms with Crippen LogP contribution in [0.15, 0.2) is 47.4 Å². The average Bonchev–Trinajstić information content (AvgIpc) is 2.87. The SMILES string of the molecule is O=C(CC1CCc2cc(C(O)(C(F)(F)F)C(F)(F)F)ccc2N1S(=O)(=O)c1ccc(F)cc1)NC1CCCCC1. The Hall–Kier alpha value is -2.87. The van der Waals surface area contributed by atoms with Crippen molar-refractivity contribution in [2.24, 2.45) is 0 Å². The molecule has 0 aromatic heterocycles. The summed E-state index contributed by atoms with van der Waals surface area (Å²) >= 11 is 0. The largest absolute Gasteiger partial charge is 0.430 e. The lowest BCUT2D eigenvalue weighted by atomic mass is 9.87. The van der Waals surface area contributed by atoms with Crippen molar-refractivity contribution in [2.75, 3.05) is 4.31 Å². The van der Waals surface area contributed by atoms with Crippen LogP contribution in [0.5, 0.6) is 0 Å². The van der Waals surface area contributed by atoms with Gasteiger partial charge in [0.25, 0.3) is 15.6 Å². The van der Waals surface area contributed by atoms with Crippen molar-refractivity contribution in [3.05, 3.63) is 59.4 Å². The first kappa shape index (κ1) is 30.1. The molecule has 0 spiro atoms. The predicted octanol–water partition coefficient (Wildman–Crippen LogP) is 5.49. The van der Waals surface area contributed by atoms with E-state index in [1.54, 1.807) is 0 Å². The van der Waals surface area contributed by atoms with Gasteiger partial charge in [0.15, 0.2) is 0 Å². The van der Waals surface area contributed by atoms with Crippen LogP contribution in [0.2, 0.25) is 0 Å². The minimum absolute atomic E-state index is 0.0794. The van der Waals surface area contributed by atoms with Gasteiger partial charge in [-0.05, 0) is 61.6 Å². The lowest BCUT2D eigenvalue weighted by molar-refractivity contribution is -0.376. The summed E-state index contributed by atoms with van der Waals surface area (Å²) in [7, 11) is -4.55. The highest BCUT2D eigenvalue weighted by Gasteiger charge is 2.71. The topological polar surface area (TPSA) is 86.7 Å². The van der Waals surface area contributed by atoms with E-state index in [2.05, 4.69) is 5.32 Å². The van der Waals surface area contributed by atoms with Gasteiger partial charge in [-0.1, -0.05) is 31.4 Å². The number of hydrogen-bond acceptors (Lipinski definition) is 4. The minimum atomic E-state index is -6.12. The smallest absolute Gasteiger partial charge is 0.369 e. The van der Waals surface area contributed by atoms with Crippen molar-refractivity contribution < 1.29 is 49.1 Å². The number of halogens is 7. The molecule has 1 aliphatic carbocycles. The standard InChI is InChI=1S/C26H27F7N2O4S/c27-18-8-11-21(12-9-18)40(38,39)35-20(15-23(36)34-19-4-2-1-3-5-19)10-6-16-14-17(7-13-22(16)35)24(37,25(28,29)30)26(31,32)33/h7-9,11-14,19-20,37H,1-6,10,15H2,(H,34,36). The van der Waals surface area contributed by atoms with E-state index in [9.17, 15) is 49.1 Å². The van der Waals surface area contributed by atoms with Crippen LogP contribution < -0.4 is 9.62 Å². The molecule has 4 rings (SSSR count). The Morgan fingerprint density at radius 1 is 0.925 bits per heavy atom. The predicted molar refractivity (Wildman–Crippen MR) is 130 cm³/mol. The Labute approximate surface area is 226 Å². The maximum Gasteiger partial charge on any atom is 0.430 e. The van der Waals surface area contributed by atoms with Crippen molar-refractivity contribution in [1.82, 2.24) is 5.32 Å². The highest BCUT2D eigenvalue weighted by Crippen LogP contribution is 2.51. The second-order valence-corrected chi connectivity index (χ2v) is 11.9. The molecule has 0 bridgehead atoms. The highest BCUT2D eigenvalue weighted by atomic mass is 32.2. The number of rotatable bonds is 6. The Morgan fingerprint density at radius 2 is 1.52 bits per heavy atom. The summed E-state index contributed by atoms with van der Waals surface area (Å²) in [6, 6.07) is 4.23. The monoisotopic (exact) mass is 596 g/mol. The summed E-state index contributed by atoms with van der Waals surface area (Å²) in [6.07, 6.45) is -8.39. The minimum Gasteiger partial charge on any atom is -0.369 e. The van der Waals surface area contributed by atoms with Crippen molar-refractivity contribution in [1.29, 1.82) is 0 Å². The maximum atomic E-state index is 13.7. The number of carbonyl (C=O) groups excluding carboxylic acids is 1. The number of carbonyl (C=O) groups is 1. The number of nitrogens with zero attached hydrogens (tertiary/aromatic N) is 1. The molecule has 1 amide bonds. The van der Waals surface area contributed by atoms with E-state index in [-0.39, 0.29) is 41.5 Å². The quantitative estimate of drug-likeness (QED) is 0.432. The molecular weight excluding hydrogens is 569 g/mol. The van der Waals surface area contributed by atoms with Gasteiger partial charge in [-0.25, -0.2) is 12.8 Å². The first-order valence-corrected chi connectivity index (χ1v) is 14.1. The summed E-state index contributed by atoms with van der Waals surface area (Å²) in [4.78, 5) is 12.5. The fraction of sp³-hybridized carbons (Fsp3) is 0.500. The summed E-state index contributed by atoms with van der Waals surface area (Å²) in [5.41, 5.74) is -7.13. The molecule has 0 radical (unpaired) electrons. The first-order valence-electron chi connectivity index (χ1n) is 12.6. The molecule has 2 aromatic carbocycles. The first-order chi connectivity index (χ1) is 18.6. The molecule has 1 fully saturated rings. The zero-order valence-electron chi connectivity index (χ0n) is 21.0. The number of aliphatic hydroxyl groups is 1. The third-order valence-corrected chi connectivity index (χ3v) is 9.28. The molecule has 2 N–H and O–H groups in total. The Kier molecular flexibility index (Phi) is 8.16. The van der Waals surface area contributed by atoms with Crippen LogP contribution in [-0.4, -0.2) is 43.9 Å². The second kappa shape index (κ2) is 10.8. The number of amides is 1. The van der Waals surface area contributed by atoms with E-state index in [1.807, 2.05) is 0 Å². The molecule has 6 nitrogen and oxygen atoms in total. The molecule has 40 heavy (non-hydrogen) atoms. The molecule has 0 saturated heterocycles. The van der Waals surface area contributed by atoms with Crippen LogP contribution >= 0.6 is 0 Å². The molecule has 1 unspecified atom stereocenters. The van der Waals surface area contributed by atoms with Gasteiger partial charge < -0.3 is 10.4 Å². The Morgan fingerprint density at radius 3 is 2.10 bits per heavy atom. The Balaban J connectivity index is 1.76. The third kappa shape index (κ3) is 5.65. The Bertz CT molecular complexity index is 1320. The van der Waals surface area contributed by atoms with E-state index in [1.165, 1.54) is 0 Å². The molecule has 1 atom stereocenters. The van der Waals surface area contributed by atoms with E-state index in [0.717, 1.165) is 66.7 Å². The van der Waals surface area contributed by atoms with Gasteiger partial charge in [0.05, 0.1) is 16.6 Å². The molecule has 1 heterocycles. The van der Waals surface area contributed by atoms with Crippen LogP contribution in [0, 0.1) is 5.82 Å². The van der Waals surface area contributed by atoms with E-state index >= 15 is 0 Å². The van der Waals surface area contributed by atoms with Crippen molar-refractivity contribution in [3.8, 4) is 0 Å². The van der Waals surface area contributed by atoms with Gasteiger partial charge in [-0.3, -0.25) is 9.10 Å². The van der Waals surface area contributed by atoms with Gasteiger partial charge in [0.1, 0.15) is 5.82 Å². The van der Waals surface area contributed by atoms with Crippen molar-refractivity contribution in [2.45, 2.75) is 86.3 Å². The van der Waals surface area contributed by atoms with E-state index in [4.69, 9.17) is 0 Å². The lowest BCUT2D eigenvalue weighted by Crippen LogP contribution is -2.54. The number of alkyl halides is 6. The van der Waals surface area contributed by atoms with Gasteiger partial charge >= 0.3 is 12.4 Å². The molecule has 1 saturated carbocycles. The van der Waals surface area contributed by atoms with Gasteiger partial charge in [0, 0.05) is 18.0 Å². The lowest BCUT2D eigenvalue weighted by Gasteiger charge is -2.39. The summed E-state index contributed by atoms with van der Waals surface area (Å²) < 4.78 is 123. The number of sulfonamides is 1. The summed E-state index contributed by atoms with van der Waals surface area (Å²) in [6.45, 7) is 0. The van der Waals surface area contributed by atoms with E-state index < -0.39 is 51.3 Å². The molecule has 2 aliphatic rings. The fourth-order valence-corrected chi connectivity index (χ4v) is 7.04. The molecular formula is C26H27F7N2O4S. The van der Waals surface area contributed by atoms with E-state index in [0.29, 0.717) is 12.1 Å². The van der Waals surface area contributed by atoms with Crippen LogP contribution in [-0.2, 0) is 26.8 Å². The highest BCUT2D eigenvalue weighted by molar-refractivity contribution is 7.92. The molecule has 1 aliphatic heterocycles. The fourth-order valence-electron chi connectivity index (χ4n) is 5.33. The van der Waals surface area contributed by atoms with Crippen LogP contribution in [0.1, 0.15) is 56.1 Å². The summed E-state index contributed by atoms with van der Waals surface area (Å²) in [5, 5.41) is 12.7. The number of fused-ring (bicyclic) bond motifs is 1.